The molecule has 0 saturated heterocycles. The Bertz CT molecular complexity index is 1040. The fraction of sp³-hybridized carbons (Fsp3) is 0.520. The van der Waals surface area contributed by atoms with E-state index in [-0.39, 0.29) is 12.3 Å². The fourth-order valence-electron chi connectivity index (χ4n) is 5.00. The molecule has 8 heteroatoms. The molecule has 0 atom stereocenters. The van der Waals surface area contributed by atoms with Gasteiger partial charge in [0.2, 0.25) is 5.91 Å². The molecule has 0 bridgehead atoms. The van der Waals surface area contributed by atoms with Crippen LogP contribution in [0.2, 0.25) is 0 Å². The lowest BCUT2D eigenvalue weighted by Crippen LogP contribution is -2.35. The summed E-state index contributed by atoms with van der Waals surface area (Å²) in [6.45, 7) is 2.99. The van der Waals surface area contributed by atoms with Crippen LogP contribution < -0.4 is 14.8 Å². The van der Waals surface area contributed by atoms with Gasteiger partial charge in [-0.25, -0.2) is 0 Å². The molecule has 1 aliphatic heterocycles. The van der Waals surface area contributed by atoms with E-state index in [1.54, 1.807) is 30.4 Å². The summed E-state index contributed by atoms with van der Waals surface area (Å²) >= 11 is 2.73. The van der Waals surface area contributed by atoms with Gasteiger partial charge in [0.1, 0.15) is 16.8 Å². The summed E-state index contributed by atoms with van der Waals surface area (Å²) in [6, 6.07) is 8.04. The van der Waals surface area contributed by atoms with Gasteiger partial charge in [-0.15, -0.1) is 11.3 Å². The van der Waals surface area contributed by atoms with Crippen LogP contribution in [-0.4, -0.2) is 38.1 Å². The van der Waals surface area contributed by atoms with Crippen molar-refractivity contribution in [3.63, 3.8) is 0 Å². The van der Waals surface area contributed by atoms with E-state index in [1.807, 2.05) is 18.2 Å². The summed E-state index contributed by atoms with van der Waals surface area (Å²) in [7, 11) is 3.38. The van der Waals surface area contributed by atoms with Crippen molar-refractivity contribution in [3.05, 3.63) is 39.8 Å². The zero-order valence-corrected chi connectivity index (χ0v) is 21.1. The molecule has 1 saturated carbocycles. The third kappa shape index (κ3) is 5.38. The molecular weight excluding hydrogens is 452 g/mol. The van der Waals surface area contributed by atoms with Crippen molar-refractivity contribution in [1.29, 1.82) is 5.26 Å². The van der Waals surface area contributed by atoms with Crippen LogP contribution >= 0.6 is 23.3 Å². The molecule has 2 aromatic rings. The first-order chi connectivity index (χ1) is 16.0. The van der Waals surface area contributed by atoms with Crippen LogP contribution in [0.25, 0.3) is 0 Å². The second-order valence-corrected chi connectivity index (χ2v) is 10.8. The molecule has 0 unspecified atom stereocenters. The number of methoxy groups -OCH3 is 1. The number of nitriles is 1. The lowest BCUT2D eigenvalue weighted by atomic mass is 9.88. The number of rotatable bonds is 7. The second kappa shape index (κ2) is 10.9. The second-order valence-electron chi connectivity index (χ2n) is 9.02. The van der Waals surface area contributed by atoms with Gasteiger partial charge in [-0.05, 0) is 54.8 Å². The van der Waals surface area contributed by atoms with E-state index < -0.39 is 0 Å². The number of benzene rings is 1. The predicted molar refractivity (Wildman–Crippen MR) is 135 cm³/mol. The Morgan fingerprint density at radius 2 is 2.15 bits per heavy atom. The van der Waals surface area contributed by atoms with Crippen molar-refractivity contribution >= 4 is 34.2 Å². The number of hydrogen-bond donors (Lipinski definition) is 1. The first-order valence-electron chi connectivity index (χ1n) is 11.6. The van der Waals surface area contributed by atoms with Gasteiger partial charge in [0, 0.05) is 37.1 Å². The molecule has 0 spiro atoms. The van der Waals surface area contributed by atoms with Gasteiger partial charge in [0.05, 0.1) is 24.0 Å². The maximum Gasteiger partial charge on any atom is 0.231 e. The number of fused-ring (bicyclic) bond motifs is 1. The van der Waals surface area contributed by atoms with Crippen molar-refractivity contribution in [1.82, 2.24) is 4.90 Å². The minimum Gasteiger partial charge on any atom is -0.496 e. The molecule has 1 aromatic heterocycles. The Hall–Kier alpha value is -2.05. The SMILES string of the molecule is COc1cc(CC(=O)N(C)c2sc3c(c2C#N)CN(CC2CCCCC2)CC3)ccc1SN. The highest BCUT2D eigenvalue weighted by Crippen LogP contribution is 2.39. The zero-order chi connectivity index (χ0) is 23.4. The van der Waals surface area contributed by atoms with E-state index >= 15 is 0 Å². The Labute approximate surface area is 204 Å². The van der Waals surface area contributed by atoms with Crippen LogP contribution in [0.5, 0.6) is 5.75 Å². The molecule has 0 radical (unpaired) electrons. The van der Waals surface area contributed by atoms with Crippen LogP contribution in [-0.2, 0) is 24.2 Å². The lowest BCUT2D eigenvalue weighted by molar-refractivity contribution is -0.117. The molecule has 33 heavy (non-hydrogen) atoms. The quantitative estimate of drug-likeness (QED) is 0.572. The molecule has 1 fully saturated rings. The van der Waals surface area contributed by atoms with E-state index in [0.29, 0.717) is 11.3 Å². The van der Waals surface area contributed by atoms with E-state index in [4.69, 9.17) is 9.88 Å². The number of carbonyl (C=O) groups excluding carboxylic acids is 1. The maximum absolute atomic E-state index is 13.1. The summed E-state index contributed by atoms with van der Waals surface area (Å²) in [5.74, 6) is 1.41. The number of ether oxygens (including phenoxy) is 1. The van der Waals surface area contributed by atoms with E-state index in [2.05, 4.69) is 11.0 Å². The largest absolute Gasteiger partial charge is 0.496 e. The molecule has 6 nitrogen and oxygen atoms in total. The van der Waals surface area contributed by atoms with Crippen LogP contribution in [0, 0.1) is 17.2 Å². The molecular formula is C25H32N4O2S2. The van der Waals surface area contributed by atoms with Crippen molar-refractivity contribution < 1.29 is 9.53 Å². The fourth-order valence-corrected chi connectivity index (χ4v) is 6.63. The van der Waals surface area contributed by atoms with Crippen molar-refractivity contribution in [2.24, 2.45) is 11.1 Å². The van der Waals surface area contributed by atoms with Crippen molar-refractivity contribution in [2.45, 2.75) is 56.4 Å². The summed E-state index contributed by atoms with van der Waals surface area (Å²) in [6.07, 6.45) is 7.93. The third-order valence-electron chi connectivity index (χ3n) is 6.85. The Balaban J connectivity index is 1.48. The molecule has 4 rings (SSSR count). The topological polar surface area (TPSA) is 82.6 Å². The van der Waals surface area contributed by atoms with Crippen LogP contribution in [0.3, 0.4) is 0 Å². The number of nitrogens with two attached hydrogens (primary N) is 1. The van der Waals surface area contributed by atoms with E-state index in [1.165, 1.54) is 37.0 Å². The average molecular weight is 485 g/mol. The highest BCUT2D eigenvalue weighted by molar-refractivity contribution is 7.97. The Kier molecular flexibility index (Phi) is 7.97. The number of anilines is 1. The van der Waals surface area contributed by atoms with Crippen LogP contribution in [0.1, 0.15) is 53.7 Å². The van der Waals surface area contributed by atoms with Crippen molar-refractivity contribution in [2.75, 3.05) is 32.1 Å². The molecule has 2 heterocycles. The molecule has 1 aliphatic carbocycles. The molecule has 2 N–H and O–H groups in total. The van der Waals surface area contributed by atoms with Gasteiger partial charge >= 0.3 is 0 Å². The summed E-state index contributed by atoms with van der Waals surface area (Å²) in [4.78, 5) is 19.4. The van der Waals surface area contributed by atoms with Crippen molar-refractivity contribution in [3.8, 4) is 11.8 Å². The summed E-state index contributed by atoms with van der Waals surface area (Å²) in [5.41, 5.74) is 2.66. The van der Waals surface area contributed by atoms with Gasteiger partial charge in [0.25, 0.3) is 0 Å². The van der Waals surface area contributed by atoms with E-state index in [0.717, 1.165) is 64.9 Å². The molecule has 1 amide bonds. The average Bonchev–Trinajstić information content (AvgIpc) is 3.21. The molecule has 1 aromatic carbocycles. The minimum atomic E-state index is -0.0423. The predicted octanol–water partition coefficient (Wildman–Crippen LogP) is 4.74. The van der Waals surface area contributed by atoms with Gasteiger partial charge < -0.3 is 9.64 Å². The zero-order valence-electron chi connectivity index (χ0n) is 19.4. The summed E-state index contributed by atoms with van der Waals surface area (Å²) in [5, 5.41) is 16.4. The van der Waals surface area contributed by atoms with Gasteiger partial charge in [-0.3, -0.25) is 14.8 Å². The highest BCUT2D eigenvalue weighted by Gasteiger charge is 2.29. The van der Waals surface area contributed by atoms with Gasteiger partial charge in [-0.1, -0.05) is 25.3 Å². The van der Waals surface area contributed by atoms with Gasteiger partial charge in [0.15, 0.2) is 0 Å². The maximum atomic E-state index is 13.1. The minimum absolute atomic E-state index is 0.0423. The number of hydrogen-bond acceptors (Lipinski definition) is 7. The number of thiophene rings is 1. The first-order valence-corrected chi connectivity index (χ1v) is 13.3. The number of likely N-dealkylation sites (N-methyl/N-ethyl adjacent to an activating group) is 1. The standard InChI is InChI=1S/C25H32N4O2S2/c1-28(24(30)13-18-8-9-23(33-27)21(12-18)31-2)25-19(14-26)20-16-29(11-10-22(20)32-25)15-17-6-4-3-5-7-17/h8-9,12,17H,3-7,10-11,13,15-16,27H2,1-2H3. The number of amides is 1. The summed E-state index contributed by atoms with van der Waals surface area (Å²) < 4.78 is 5.39. The Morgan fingerprint density at radius 1 is 1.36 bits per heavy atom. The smallest absolute Gasteiger partial charge is 0.231 e. The molecule has 176 valence electrons. The van der Waals surface area contributed by atoms with E-state index in [9.17, 15) is 10.1 Å². The number of carbonyl (C=O) groups is 1. The number of nitrogens with zero attached hydrogens (tertiary/aromatic N) is 3. The normalized spacial score (nSPS) is 16.8. The molecule has 2 aliphatic rings. The Morgan fingerprint density at radius 3 is 2.85 bits per heavy atom. The van der Waals surface area contributed by atoms with Crippen LogP contribution in [0.4, 0.5) is 5.00 Å². The monoisotopic (exact) mass is 484 g/mol. The van der Waals surface area contributed by atoms with Gasteiger partial charge in [-0.2, -0.15) is 5.26 Å². The third-order valence-corrected chi connectivity index (χ3v) is 8.81. The highest BCUT2D eigenvalue weighted by atomic mass is 32.2. The lowest BCUT2D eigenvalue weighted by Gasteiger charge is -2.32. The van der Waals surface area contributed by atoms with Crippen LogP contribution in [0.15, 0.2) is 23.1 Å². The first kappa shape index (κ1) is 24.1.